The minimum absolute atomic E-state index is 0.268. The molecule has 4 fully saturated rings. The Balaban J connectivity index is 1.35. The molecule has 2 saturated heterocycles. The van der Waals surface area contributed by atoms with Gasteiger partial charge in [0.15, 0.2) is 13.5 Å². The van der Waals surface area contributed by atoms with Gasteiger partial charge >= 0.3 is 11.9 Å². The number of nitrogens with two attached hydrogens (primary N) is 2. The molecule has 0 unspecified atom stereocenters. The molecular formula is C22H26N4O8. The van der Waals surface area contributed by atoms with Crippen molar-refractivity contribution >= 4 is 35.6 Å². The van der Waals surface area contributed by atoms with E-state index in [9.17, 15) is 28.8 Å². The molecule has 0 aromatic carbocycles. The Hall–Kier alpha value is -3.12. The van der Waals surface area contributed by atoms with Gasteiger partial charge in [0.2, 0.25) is 23.6 Å². The first-order chi connectivity index (χ1) is 16.1. The minimum Gasteiger partial charge on any atom is -0.443 e. The Morgan fingerprint density at radius 3 is 1.38 bits per heavy atom. The lowest BCUT2D eigenvalue weighted by molar-refractivity contribution is -0.166. The Labute approximate surface area is 194 Å². The van der Waals surface area contributed by atoms with Crippen molar-refractivity contribution in [2.45, 2.75) is 25.9 Å². The number of carbonyl (C=O) groups is 6. The molecule has 4 aliphatic carbocycles. The van der Waals surface area contributed by atoms with E-state index < -0.39 is 96.6 Å². The molecule has 2 bridgehead atoms. The van der Waals surface area contributed by atoms with Crippen LogP contribution in [0.2, 0.25) is 0 Å². The topological polar surface area (TPSA) is 179 Å². The summed E-state index contributed by atoms with van der Waals surface area (Å²) in [6.07, 6.45) is 3.73. The van der Waals surface area contributed by atoms with Gasteiger partial charge in [0.25, 0.3) is 0 Å². The minimum atomic E-state index is -0.893. The molecule has 12 nitrogen and oxygen atoms in total. The van der Waals surface area contributed by atoms with Crippen LogP contribution in [0.4, 0.5) is 0 Å². The molecule has 6 rings (SSSR count). The van der Waals surface area contributed by atoms with Crippen LogP contribution >= 0.6 is 0 Å². The molecule has 34 heavy (non-hydrogen) atoms. The second-order valence-electron chi connectivity index (χ2n) is 9.77. The fourth-order valence-corrected chi connectivity index (χ4v) is 6.50. The van der Waals surface area contributed by atoms with E-state index in [0.29, 0.717) is 0 Å². The molecule has 6 aliphatic rings. The average Bonchev–Trinajstić information content (AvgIpc) is 3.14. The number of fused-ring (bicyclic) bond motifs is 1. The van der Waals surface area contributed by atoms with Crippen LogP contribution in [0.1, 0.15) is 13.8 Å². The molecule has 0 spiro atoms. The number of ether oxygens (including phenoxy) is 2. The number of esters is 2. The lowest BCUT2D eigenvalue weighted by Gasteiger charge is -2.60. The molecule has 182 valence electrons. The monoisotopic (exact) mass is 474 g/mol. The van der Waals surface area contributed by atoms with Crippen molar-refractivity contribution in [1.29, 1.82) is 0 Å². The Kier molecular flexibility index (Phi) is 5.13. The molecule has 2 heterocycles. The van der Waals surface area contributed by atoms with E-state index in [-0.39, 0.29) is 11.8 Å². The van der Waals surface area contributed by atoms with E-state index in [0.717, 1.165) is 9.80 Å². The maximum atomic E-state index is 13.2. The molecule has 0 aromatic rings. The predicted molar refractivity (Wildman–Crippen MR) is 110 cm³/mol. The van der Waals surface area contributed by atoms with Crippen molar-refractivity contribution in [2.75, 3.05) is 13.5 Å². The molecule has 12 heteroatoms. The molecule has 2 saturated carbocycles. The highest BCUT2D eigenvalue weighted by Gasteiger charge is 2.75. The van der Waals surface area contributed by atoms with Crippen LogP contribution in [0.3, 0.4) is 0 Å². The number of carbonyl (C=O) groups excluding carboxylic acids is 6. The van der Waals surface area contributed by atoms with E-state index in [1.54, 1.807) is 0 Å². The maximum absolute atomic E-state index is 13.2. The summed E-state index contributed by atoms with van der Waals surface area (Å²) in [5.74, 6) is -7.16. The first-order valence-corrected chi connectivity index (χ1v) is 11.3. The predicted octanol–water partition coefficient (Wildman–Crippen LogP) is -2.05. The van der Waals surface area contributed by atoms with Gasteiger partial charge in [-0.3, -0.25) is 28.8 Å². The zero-order valence-corrected chi connectivity index (χ0v) is 18.7. The third kappa shape index (κ3) is 2.91. The number of amides is 4. The Bertz CT molecular complexity index is 982. The van der Waals surface area contributed by atoms with Crippen LogP contribution in [0.5, 0.6) is 0 Å². The van der Waals surface area contributed by atoms with Crippen LogP contribution in [0.15, 0.2) is 12.2 Å². The van der Waals surface area contributed by atoms with Crippen molar-refractivity contribution in [2.24, 2.45) is 58.8 Å². The fourth-order valence-electron chi connectivity index (χ4n) is 6.50. The lowest BCUT2D eigenvalue weighted by Crippen LogP contribution is -2.63. The molecule has 4 N–H and O–H groups in total. The van der Waals surface area contributed by atoms with Crippen molar-refractivity contribution in [3.8, 4) is 0 Å². The fraction of sp³-hybridized carbons (Fsp3) is 0.636. The van der Waals surface area contributed by atoms with E-state index in [1.807, 2.05) is 12.2 Å². The van der Waals surface area contributed by atoms with Gasteiger partial charge in [-0.15, -0.1) is 0 Å². The van der Waals surface area contributed by atoms with E-state index in [2.05, 4.69) is 0 Å². The second kappa shape index (κ2) is 7.70. The van der Waals surface area contributed by atoms with Crippen molar-refractivity contribution in [3.63, 3.8) is 0 Å². The molecule has 0 radical (unpaired) electrons. The molecule has 10 atom stereocenters. The number of hydrogen-bond acceptors (Lipinski definition) is 10. The van der Waals surface area contributed by atoms with Crippen LogP contribution in [0, 0.1) is 47.3 Å². The van der Waals surface area contributed by atoms with E-state index in [1.165, 1.54) is 13.8 Å². The van der Waals surface area contributed by atoms with Crippen LogP contribution in [-0.4, -0.2) is 70.9 Å². The first kappa shape index (κ1) is 22.7. The van der Waals surface area contributed by atoms with Gasteiger partial charge in [-0.1, -0.05) is 12.2 Å². The summed E-state index contributed by atoms with van der Waals surface area (Å²) in [7, 11) is 0. The summed E-state index contributed by atoms with van der Waals surface area (Å²) in [4.78, 5) is 77.7. The highest BCUT2D eigenvalue weighted by molar-refractivity contribution is 6.09. The second-order valence-corrected chi connectivity index (χ2v) is 9.77. The summed E-state index contributed by atoms with van der Waals surface area (Å²) >= 11 is 0. The van der Waals surface area contributed by atoms with E-state index >= 15 is 0 Å². The summed E-state index contributed by atoms with van der Waals surface area (Å²) in [6.45, 7) is 1.86. The number of imide groups is 2. The molecule has 2 aliphatic heterocycles. The van der Waals surface area contributed by atoms with Gasteiger partial charge in [-0.05, 0) is 37.5 Å². The number of rotatable bonds is 6. The van der Waals surface area contributed by atoms with Crippen LogP contribution < -0.4 is 11.5 Å². The van der Waals surface area contributed by atoms with Gasteiger partial charge in [-0.2, -0.15) is 0 Å². The van der Waals surface area contributed by atoms with Crippen LogP contribution in [0.25, 0.3) is 0 Å². The number of hydrogen-bond donors (Lipinski definition) is 2. The average molecular weight is 474 g/mol. The molecule has 4 amide bonds. The number of likely N-dealkylation sites (tertiary alicyclic amines) is 2. The Morgan fingerprint density at radius 1 is 0.735 bits per heavy atom. The molecule has 0 aromatic heterocycles. The van der Waals surface area contributed by atoms with Crippen molar-refractivity contribution in [1.82, 2.24) is 9.80 Å². The summed E-state index contributed by atoms with van der Waals surface area (Å²) in [5.41, 5.74) is 10.9. The molecular weight excluding hydrogens is 448 g/mol. The zero-order chi connectivity index (χ0) is 24.6. The maximum Gasteiger partial charge on any atom is 0.324 e. The first-order valence-electron chi connectivity index (χ1n) is 11.3. The van der Waals surface area contributed by atoms with Crippen LogP contribution in [-0.2, 0) is 38.2 Å². The zero-order valence-electron chi connectivity index (χ0n) is 18.7. The van der Waals surface area contributed by atoms with Gasteiger partial charge < -0.3 is 20.9 Å². The summed E-state index contributed by atoms with van der Waals surface area (Å²) < 4.78 is 10.0. The standard InChI is InChI=1S/C22H26N4O8/c1-7(23)21(31)33-5-25-17(27)13-9-3-4-10(14(13)18(25)28)12-11(9)15-16(12)20(30)26(19(15)29)6-34-22(32)8(2)24/h3-4,7-16H,5-6,23-24H2,1-2H3/t7-,8+,9+,10+,11+,12+,13-,14-,15+,16+/m0/s1. The highest BCUT2D eigenvalue weighted by Crippen LogP contribution is 2.68. The highest BCUT2D eigenvalue weighted by atomic mass is 16.6. The number of allylic oxidation sites excluding steroid dienone is 2. The largest absolute Gasteiger partial charge is 0.443 e. The van der Waals surface area contributed by atoms with Gasteiger partial charge in [0, 0.05) is 0 Å². The third-order valence-electron chi connectivity index (χ3n) is 7.94. The summed E-state index contributed by atoms with van der Waals surface area (Å²) in [5, 5.41) is 0. The smallest absolute Gasteiger partial charge is 0.324 e. The quantitative estimate of drug-likeness (QED) is 0.247. The van der Waals surface area contributed by atoms with Crippen molar-refractivity contribution < 1.29 is 38.2 Å². The summed E-state index contributed by atoms with van der Waals surface area (Å²) in [6, 6.07) is -1.78. The normalized spacial score (nSPS) is 38.8. The third-order valence-corrected chi connectivity index (χ3v) is 7.94. The van der Waals surface area contributed by atoms with Gasteiger partial charge in [-0.25, -0.2) is 9.80 Å². The van der Waals surface area contributed by atoms with E-state index in [4.69, 9.17) is 20.9 Å². The lowest BCUT2D eigenvalue weighted by atomic mass is 9.40. The SMILES string of the molecule is C[C@H](N)C(=O)OCN1C(=O)[C@H]2[C@@H]3C=C[C@@H]([C@@H]2C1=O)[C@H]1[C@H]2C(=O)N(COC(=O)[C@@H](C)N)C(=O)[C@@H]2[C@H]31. The van der Waals surface area contributed by atoms with Crippen molar-refractivity contribution in [3.05, 3.63) is 12.2 Å². The Morgan fingerprint density at radius 2 is 1.06 bits per heavy atom. The number of nitrogens with zero attached hydrogens (tertiary/aromatic N) is 2. The van der Waals surface area contributed by atoms with Gasteiger partial charge in [0.1, 0.15) is 12.1 Å². The van der Waals surface area contributed by atoms with Gasteiger partial charge in [0.05, 0.1) is 23.7 Å².